The molecule has 5 nitrogen and oxygen atoms in total. The molecule has 1 heterocycles. The van der Waals surface area contributed by atoms with Crippen molar-refractivity contribution in [3.8, 4) is 5.75 Å². The Morgan fingerprint density at radius 3 is 2.50 bits per heavy atom. The van der Waals surface area contributed by atoms with Gasteiger partial charge < -0.3 is 15.2 Å². The van der Waals surface area contributed by atoms with E-state index in [1.54, 1.807) is 0 Å². The predicted octanol–water partition coefficient (Wildman–Crippen LogP) is 2.96. The molecule has 24 heavy (non-hydrogen) atoms. The van der Waals surface area contributed by atoms with Gasteiger partial charge in [-0.3, -0.25) is 0 Å². The molecule has 2 N–H and O–H groups in total. The quantitative estimate of drug-likeness (QED) is 0.846. The molecular formula is C16H18F3N3O2. The first-order valence-electron chi connectivity index (χ1n) is 7.28. The van der Waals surface area contributed by atoms with Crippen molar-refractivity contribution in [1.82, 2.24) is 9.97 Å². The van der Waals surface area contributed by atoms with Gasteiger partial charge in [0.05, 0.1) is 0 Å². The molecule has 0 saturated carbocycles. The number of nitrogens with one attached hydrogen (secondary N) is 1. The van der Waals surface area contributed by atoms with Crippen molar-refractivity contribution in [2.45, 2.75) is 26.1 Å². The highest BCUT2D eigenvalue weighted by atomic mass is 19.4. The molecule has 0 aliphatic rings. The van der Waals surface area contributed by atoms with Crippen LogP contribution in [0.2, 0.25) is 0 Å². The number of hydrogen-bond donors (Lipinski definition) is 2. The molecule has 0 spiro atoms. The van der Waals surface area contributed by atoms with Crippen molar-refractivity contribution >= 4 is 5.95 Å². The zero-order valence-corrected chi connectivity index (χ0v) is 13.3. The highest BCUT2D eigenvalue weighted by Gasteiger charge is 2.32. The largest absolute Gasteiger partial charge is 0.490 e. The van der Waals surface area contributed by atoms with E-state index in [0.717, 1.165) is 23.4 Å². The molecule has 0 saturated heterocycles. The number of aliphatic hydroxyl groups is 1. The zero-order chi connectivity index (χ0) is 17.7. The van der Waals surface area contributed by atoms with E-state index in [-0.39, 0.29) is 19.1 Å². The normalized spacial score (nSPS) is 12.8. The van der Waals surface area contributed by atoms with Crippen molar-refractivity contribution in [2.24, 2.45) is 0 Å². The van der Waals surface area contributed by atoms with Gasteiger partial charge in [0.1, 0.15) is 24.2 Å². The summed E-state index contributed by atoms with van der Waals surface area (Å²) in [4.78, 5) is 7.06. The van der Waals surface area contributed by atoms with Crippen LogP contribution in [0.5, 0.6) is 5.75 Å². The number of aromatic nitrogens is 2. The van der Waals surface area contributed by atoms with Crippen LogP contribution in [0.4, 0.5) is 19.1 Å². The topological polar surface area (TPSA) is 67.3 Å². The van der Waals surface area contributed by atoms with E-state index in [2.05, 4.69) is 15.3 Å². The molecule has 0 amide bonds. The van der Waals surface area contributed by atoms with E-state index in [1.165, 1.54) is 0 Å². The van der Waals surface area contributed by atoms with Gasteiger partial charge in [0.15, 0.2) is 0 Å². The number of anilines is 1. The fourth-order valence-corrected chi connectivity index (χ4v) is 2.08. The lowest BCUT2D eigenvalue weighted by Gasteiger charge is -2.16. The Hall–Kier alpha value is -2.35. The van der Waals surface area contributed by atoms with Crippen LogP contribution in [-0.4, -0.2) is 34.3 Å². The van der Waals surface area contributed by atoms with E-state index >= 15 is 0 Å². The summed E-state index contributed by atoms with van der Waals surface area (Å²) in [6, 6.07) is 6.47. The number of nitrogens with zero attached hydrogens (tertiary/aromatic N) is 2. The van der Waals surface area contributed by atoms with Crippen molar-refractivity contribution < 1.29 is 23.0 Å². The fraction of sp³-hybridized carbons (Fsp3) is 0.375. The maximum Gasteiger partial charge on any atom is 0.433 e. The van der Waals surface area contributed by atoms with Gasteiger partial charge >= 0.3 is 6.18 Å². The van der Waals surface area contributed by atoms with E-state index in [4.69, 9.17) is 4.74 Å². The molecule has 0 aliphatic carbocycles. The Morgan fingerprint density at radius 1 is 1.21 bits per heavy atom. The number of ether oxygens (including phenoxy) is 1. The number of hydrogen-bond acceptors (Lipinski definition) is 5. The Bertz CT molecular complexity index is 672. The lowest BCUT2D eigenvalue weighted by atomic mass is 10.1. The van der Waals surface area contributed by atoms with Crippen LogP contribution in [0.15, 0.2) is 30.5 Å². The number of aryl methyl sites for hydroxylation is 2. The number of benzene rings is 1. The Labute approximate surface area is 137 Å². The number of aliphatic hydroxyl groups excluding tert-OH is 1. The minimum Gasteiger partial charge on any atom is -0.490 e. The van der Waals surface area contributed by atoms with Gasteiger partial charge in [-0.2, -0.15) is 13.2 Å². The smallest absolute Gasteiger partial charge is 0.433 e. The number of rotatable bonds is 6. The minimum absolute atomic E-state index is 0.00233. The van der Waals surface area contributed by atoms with Crippen LogP contribution in [0.3, 0.4) is 0 Å². The maximum absolute atomic E-state index is 12.6. The average molecular weight is 341 g/mol. The molecule has 130 valence electrons. The second kappa shape index (κ2) is 7.48. The average Bonchev–Trinajstić information content (AvgIpc) is 2.52. The molecule has 2 aromatic rings. The van der Waals surface area contributed by atoms with Crippen LogP contribution in [0, 0.1) is 13.8 Å². The zero-order valence-electron chi connectivity index (χ0n) is 13.3. The van der Waals surface area contributed by atoms with Gasteiger partial charge in [0.25, 0.3) is 0 Å². The Morgan fingerprint density at radius 2 is 1.88 bits per heavy atom. The maximum atomic E-state index is 12.6. The van der Waals surface area contributed by atoms with Crippen LogP contribution in [0.25, 0.3) is 0 Å². The first-order chi connectivity index (χ1) is 11.3. The summed E-state index contributed by atoms with van der Waals surface area (Å²) in [6.07, 6.45) is -4.46. The van der Waals surface area contributed by atoms with E-state index < -0.39 is 18.0 Å². The van der Waals surface area contributed by atoms with Gasteiger partial charge in [-0.1, -0.05) is 18.2 Å². The van der Waals surface area contributed by atoms with Crippen LogP contribution in [0.1, 0.15) is 16.8 Å². The van der Waals surface area contributed by atoms with Crippen LogP contribution in [-0.2, 0) is 6.18 Å². The molecule has 1 atom stereocenters. The first kappa shape index (κ1) is 18.0. The van der Waals surface area contributed by atoms with Gasteiger partial charge in [-0.25, -0.2) is 9.97 Å². The minimum atomic E-state index is -4.54. The number of para-hydroxylation sites is 1. The molecule has 0 fully saturated rings. The molecule has 0 aliphatic heterocycles. The third-order valence-corrected chi connectivity index (χ3v) is 3.27. The lowest BCUT2D eigenvalue weighted by Crippen LogP contribution is -2.27. The second-order valence-electron chi connectivity index (χ2n) is 5.33. The van der Waals surface area contributed by atoms with E-state index in [0.29, 0.717) is 5.75 Å². The molecule has 2 rings (SSSR count). The molecule has 0 radical (unpaired) electrons. The highest BCUT2D eigenvalue weighted by molar-refractivity contribution is 5.39. The molecule has 0 bridgehead atoms. The van der Waals surface area contributed by atoms with Gasteiger partial charge in [0.2, 0.25) is 5.95 Å². The molecule has 8 heteroatoms. The monoisotopic (exact) mass is 341 g/mol. The summed E-state index contributed by atoms with van der Waals surface area (Å²) in [7, 11) is 0. The van der Waals surface area contributed by atoms with Gasteiger partial charge in [-0.15, -0.1) is 0 Å². The second-order valence-corrected chi connectivity index (χ2v) is 5.33. The molecule has 1 unspecified atom stereocenters. The predicted molar refractivity (Wildman–Crippen MR) is 82.9 cm³/mol. The van der Waals surface area contributed by atoms with Gasteiger partial charge in [0, 0.05) is 12.7 Å². The lowest BCUT2D eigenvalue weighted by molar-refractivity contribution is -0.141. The fourth-order valence-electron chi connectivity index (χ4n) is 2.08. The van der Waals surface area contributed by atoms with Crippen molar-refractivity contribution in [2.75, 3.05) is 18.5 Å². The summed E-state index contributed by atoms with van der Waals surface area (Å²) in [5.74, 6) is 0.489. The van der Waals surface area contributed by atoms with E-state index in [9.17, 15) is 18.3 Å². The number of halogens is 3. The van der Waals surface area contributed by atoms with Crippen LogP contribution >= 0.6 is 0 Å². The molecular weight excluding hydrogens is 323 g/mol. The SMILES string of the molecule is Cc1cccc(C)c1OCC(O)CNc1nccc(C(F)(F)F)n1. The van der Waals surface area contributed by atoms with Crippen LogP contribution < -0.4 is 10.1 Å². The summed E-state index contributed by atoms with van der Waals surface area (Å²) >= 11 is 0. The Balaban J connectivity index is 1.89. The number of alkyl halides is 3. The Kier molecular flexibility index (Phi) is 5.61. The van der Waals surface area contributed by atoms with Crippen molar-refractivity contribution in [3.05, 3.63) is 47.3 Å². The summed E-state index contributed by atoms with van der Waals surface area (Å²) < 4.78 is 43.3. The summed E-state index contributed by atoms with van der Waals surface area (Å²) in [5.41, 5.74) is 0.842. The third kappa shape index (κ3) is 4.82. The summed E-state index contributed by atoms with van der Waals surface area (Å²) in [6.45, 7) is 3.75. The third-order valence-electron chi connectivity index (χ3n) is 3.27. The summed E-state index contributed by atoms with van der Waals surface area (Å²) in [5, 5.41) is 12.5. The first-order valence-corrected chi connectivity index (χ1v) is 7.28. The van der Waals surface area contributed by atoms with E-state index in [1.807, 2.05) is 32.0 Å². The standard InChI is InChI=1S/C16H18F3N3O2/c1-10-4-3-5-11(2)14(10)24-9-12(23)8-21-15-20-7-6-13(22-15)16(17,18)19/h3-7,12,23H,8-9H2,1-2H3,(H,20,21,22). The highest BCUT2D eigenvalue weighted by Crippen LogP contribution is 2.27. The molecule has 1 aromatic carbocycles. The molecule has 1 aromatic heterocycles. The van der Waals surface area contributed by atoms with Gasteiger partial charge in [-0.05, 0) is 31.0 Å². The van der Waals surface area contributed by atoms with Crippen molar-refractivity contribution in [1.29, 1.82) is 0 Å². The van der Waals surface area contributed by atoms with Crippen molar-refractivity contribution in [3.63, 3.8) is 0 Å².